The first kappa shape index (κ1) is 21.7. The van der Waals surface area contributed by atoms with Crippen LogP contribution in [0.2, 0.25) is 0 Å². The van der Waals surface area contributed by atoms with Gasteiger partial charge in [0.2, 0.25) is 5.91 Å². The fraction of sp³-hybridized carbons (Fsp3) is 0.500. The minimum atomic E-state index is -0.0732. The van der Waals surface area contributed by atoms with Crippen molar-refractivity contribution in [1.82, 2.24) is 29.5 Å². The fourth-order valence-electron chi connectivity index (χ4n) is 3.61. The molecule has 3 rings (SSSR count). The smallest absolute Gasteiger partial charge is 0.252 e. The quantitative estimate of drug-likeness (QED) is 0.643. The Kier molecular flexibility index (Phi) is 6.34. The molecule has 1 amide bonds. The van der Waals surface area contributed by atoms with Gasteiger partial charge in [-0.15, -0.1) is 0 Å². The highest BCUT2D eigenvalue weighted by Gasteiger charge is 2.16. The Morgan fingerprint density at radius 3 is 2.30 bits per heavy atom. The molecule has 3 aromatic rings. The average molecular weight is 410 g/mol. The van der Waals surface area contributed by atoms with Crippen molar-refractivity contribution >= 4 is 11.7 Å². The summed E-state index contributed by atoms with van der Waals surface area (Å²) in [4.78, 5) is 21.6. The highest BCUT2D eigenvalue weighted by atomic mass is 16.1. The normalized spacial score (nSPS) is 11.3. The topological polar surface area (TPSA) is 90.5 Å². The van der Waals surface area contributed by atoms with Gasteiger partial charge in [0.05, 0.1) is 11.4 Å². The molecule has 0 saturated carbocycles. The highest BCUT2D eigenvalue weighted by Crippen LogP contribution is 2.19. The second-order valence-corrected chi connectivity index (χ2v) is 8.31. The fourth-order valence-corrected chi connectivity index (χ4v) is 3.61. The van der Waals surface area contributed by atoms with E-state index in [1.165, 1.54) is 0 Å². The van der Waals surface area contributed by atoms with E-state index >= 15 is 0 Å². The van der Waals surface area contributed by atoms with Crippen LogP contribution >= 0.6 is 0 Å². The average Bonchev–Trinajstić information content (AvgIpc) is 3.11. The van der Waals surface area contributed by atoms with Crippen LogP contribution in [0.4, 0.5) is 5.82 Å². The van der Waals surface area contributed by atoms with E-state index in [9.17, 15) is 4.79 Å². The number of nitrogens with one attached hydrogen (secondary N) is 1. The van der Waals surface area contributed by atoms with E-state index in [2.05, 4.69) is 46.3 Å². The van der Waals surface area contributed by atoms with Crippen molar-refractivity contribution in [2.24, 2.45) is 5.92 Å². The molecule has 0 saturated heterocycles. The lowest BCUT2D eigenvalue weighted by Crippen LogP contribution is -2.17. The summed E-state index contributed by atoms with van der Waals surface area (Å²) in [6.45, 7) is 15.0. The van der Waals surface area contributed by atoms with Crippen molar-refractivity contribution in [3.8, 4) is 5.95 Å². The predicted octanol–water partition coefficient (Wildman–Crippen LogP) is 3.63. The van der Waals surface area contributed by atoms with Crippen molar-refractivity contribution in [3.05, 3.63) is 46.2 Å². The van der Waals surface area contributed by atoms with Crippen LogP contribution in [0.1, 0.15) is 54.3 Å². The van der Waals surface area contributed by atoms with Gasteiger partial charge in [-0.1, -0.05) is 13.8 Å². The van der Waals surface area contributed by atoms with Gasteiger partial charge in [0.1, 0.15) is 5.82 Å². The number of nitrogens with zero attached hydrogens (tertiary/aromatic N) is 6. The summed E-state index contributed by atoms with van der Waals surface area (Å²) in [5, 5.41) is 12.1. The standard InChI is InChI=1S/C22H31N7O/c1-13(2)12-28-18(7)19(17(6)27-28)8-9-21(30)25-20-11-16(5)26-29(20)22-23-14(3)10-15(4)24-22/h10-11,13H,8-9,12H2,1-7H3,(H,25,30). The third kappa shape index (κ3) is 4.93. The first-order valence-electron chi connectivity index (χ1n) is 10.4. The van der Waals surface area contributed by atoms with Crippen LogP contribution in [-0.2, 0) is 17.8 Å². The van der Waals surface area contributed by atoms with E-state index in [0.29, 0.717) is 30.5 Å². The van der Waals surface area contributed by atoms with E-state index < -0.39 is 0 Å². The number of aromatic nitrogens is 6. The largest absolute Gasteiger partial charge is 0.310 e. The Bertz CT molecular complexity index is 1040. The first-order valence-corrected chi connectivity index (χ1v) is 10.4. The number of amides is 1. The highest BCUT2D eigenvalue weighted by molar-refractivity contribution is 5.90. The van der Waals surface area contributed by atoms with Gasteiger partial charge in [0, 0.05) is 36.1 Å². The molecule has 0 atom stereocenters. The molecule has 0 unspecified atom stereocenters. The maximum absolute atomic E-state index is 12.7. The van der Waals surface area contributed by atoms with Crippen LogP contribution in [0, 0.1) is 40.5 Å². The minimum absolute atomic E-state index is 0.0732. The van der Waals surface area contributed by atoms with Crippen molar-refractivity contribution in [2.75, 3.05) is 5.32 Å². The number of aryl methyl sites for hydroxylation is 4. The number of carbonyl (C=O) groups excluding carboxylic acids is 1. The lowest BCUT2D eigenvalue weighted by atomic mass is 10.1. The molecule has 0 aliphatic heterocycles. The number of hydrogen-bond donors (Lipinski definition) is 1. The number of anilines is 1. The van der Waals surface area contributed by atoms with Crippen LogP contribution in [0.3, 0.4) is 0 Å². The number of hydrogen-bond acceptors (Lipinski definition) is 5. The van der Waals surface area contributed by atoms with Gasteiger partial charge in [0.25, 0.3) is 5.95 Å². The first-order chi connectivity index (χ1) is 14.1. The van der Waals surface area contributed by atoms with Crippen molar-refractivity contribution in [2.45, 2.75) is 67.9 Å². The molecule has 8 heteroatoms. The Morgan fingerprint density at radius 2 is 1.67 bits per heavy atom. The summed E-state index contributed by atoms with van der Waals surface area (Å²) in [6, 6.07) is 3.73. The summed E-state index contributed by atoms with van der Waals surface area (Å²) in [6.07, 6.45) is 1.02. The molecule has 0 aliphatic rings. The summed E-state index contributed by atoms with van der Waals surface area (Å²) >= 11 is 0. The van der Waals surface area contributed by atoms with Crippen LogP contribution in [0.5, 0.6) is 0 Å². The summed E-state index contributed by atoms with van der Waals surface area (Å²) in [7, 11) is 0. The SMILES string of the molecule is Cc1cc(C)nc(-n2nc(C)cc2NC(=O)CCc2c(C)nn(CC(C)C)c2C)n1. The van der Waals surface area contributed by atoms with E-state index in [1.807, 2.05) is 44.5 Å². The molecule has 0 fully saturated rings. The van der Waals surface area contributed by atoms with Crippen LogP contribution < -0.4 is 5.32 Å². The lowest BCUT2D eigenvalue weighted by molar-refractivity contribution is -0.116. The zero-order chi connectivity index (χ0) is 22.0. The maximum Gasteiger partial charge on any atom is 0.252 e. The monoisotopic (exact) mass is 409 g/mol. The molecule has 30 heavy (non-hydrogen) atoms. The maximum atomic E-state index is 12.7. The molecule has 0 spiro atoms. The third-order valence-corrected chi connectivity index (χ3v) is 4.93. The zero-order valence-corrected chi connectivity index (χ0v) is 18.9. The number of carbonyl (C=O) groups is 1. The van der Waals surface area contributed by atoms with Crippen LogP contribution in [0.15, 0.2) is 12.1 Å². The van der Waals surface area contributed by atoms with E-state index in [0.717, 1.165) is 40.6 Å². The molecular formula is C22H31N7O. The Hall–Kier alpha value is -3.03. The van der Waals surface area contributed by atoms with E-state index in [4.69, 9.17) is 0 Å². The molecule has 8 nitrogen and oxygen atoms in total. The predicted molar refractivity (Wildman–Crippen MR) is 117 cm³/mol. The van der Waals surface area contributed by atoms with Crippen molar-refractivity contribution < 1.29 is 4.79 Å². The Balaban J connectivity index is 1.73. The summed E-state index contributed by atoms with van der Waals surface area (Å²) < 4.78 is 3.63. The third-order valence-electron chi connectivity index (χ3n) is 4.93. The molecular weight excluding hydrogens is 378 g/mol. The Morgan fingerprint density at radius 1 is 1.00 bits per heavy atom. The van der Waals surface area contributed by atoms with Gasteiger partial charge in [-0.25, -0.2) is 9.97 Å². The van der Waals surface area contributed by atoms with Crippen LogP contribution in [-0.4, -0.2) is 35.4 Å². The summed E-state index contributed by atoms with van der Waals surface area (Å²) in [5.74, 6) is 1.48. The van der Waals surface area contributed by atoms with Crippen molar-refractivity contribution in [3.63, 3.8) is 0 Å². The second-order valence-electron chi connectivity index (χ2n) is 8.31. The van der Waals surface area contributed by atoms with Gasteiger partial charge >= 0.3 is 0 Å². The molecule has 3 aromatic heterocycles. The molecule has 0 bridgehead atoms. The molecule has 0 aliphatic carbocycles. The molecule has 160 valence electrons. The van der Waals surface area contributed by atoms with Gasteiger partial charge in [-0.3, -0.25) is 9.48 Å². The van der Waals surface area contributed by atoms with Gasteiger partial charge in [-0.05, 0) is 58.6 Å². The minimum Gasteiger partial charge on any atom is -0.310 e. The van der Waals surface area contributed by atoms with E-state index in [1.54, 1.807) is 4.68 Å². The summed E-state index contributed by atoms with van der Waals surface area (Å²) in [5.41, 5.74) is 5.77. The van der Waals surface area contributed by atoms with E-state index in [-0.39, 0.29) is 5.91 Å². The van der Waals surface area contributed by atoms with Gasteiger partial charge in [0.15, 0.2) is 0 Å². The van der Waals surface area contributed by atoms with Crippen LogP contribution in [0.25, 0.3) is 5.95 Å². The molecule has 1 N–H and O–H groups in total. The molecule has 3 heterocycles. The Labute approximate surface area is 177 Å². The van der Waals surface area contributed by atoms with Gasteiger partial charge < -0.3 is 5.32 Å². The second kappa shape index (κ2) is 8.77. The number of rotatable bonds is 7. The van der Waals surface area contributed by atoms with Gasteiger partial charge in [-0.2, -0.15) is 14.9 Å². The molecule has 0 aromatic carbocycles. The lowest BCUT2D eigenvalue weighted by Gasteiger charge is -2.09. The van der Waals surface area contributed by atoms with Crippen molar-refractivity contribution in [1.29, 1.82) is 0 Å². The molecule has 0 radical (unpaired) electrons. The zero-order valence-electron chi connectivity index (χ0n) is 18.9.